The SMILES string of the molecule is C#Cc1ccc(C(=O)Nc2c(-c3c(O)cccc3C(C)(C)c3cccc(O)c3-c3cc(C#C)c(C#C)c(O)c3NC(=O)c3ccc(C#C)cc3)cc(C#C)c(C#C)c2O)cc1. The van der Waals surface area contributed by atoms with Gasteiger partial charge < -0.3 is 31.1 Å². The van der Waals surface area contributed by atoms with Gasteiger partial charge in [0.15, 0.2) is 11.5 Å². The van der Waals surface area contributed by atoms with Crippen molar-refractivity contribution >= 4 is 23.2 Å². The Balaban J connectivity index is 1.61. The van der Waals surface area contributed by atoms with Crippen LogP contribution in [0.3, 0.4) is 0 Å². The monoisotopic (exact) mass is 794 g/mol. The molecule has 0 unspecified atom stereocenters. The predicted molar refractivity (Wildman–Crippen MR) is 239 cm³/mol. The number of benzene rings is 6. The van der Waals surface area contributed by atoms with Gasteiger partial charge in [0, 0.05) is 61.0 Å². The number of amides is 2. The standard InChI is InChI=1S/C53H34N2O6/c1-9-31-21-25-35(26-22-31)51(60)54-47-39(29-33(11-3)37(13-5)49(47)58)45-41(17-15-19-43(45)56)53(7,8)42-18-16-20-44(57)46(42)40-30-34(12-4)38(14-6)50(59)48(40)55-52(61)36-27-23-32(10-2)24-28-36/h1-6,15-30,56-59H,7-8H3,(H,54,60)(H,55,61). The van der Waals surface area contributed by atoms with Crippen LogP contribution in [0.1, 0.15) is 79.1 Å². The van der Waals surface area contributed by atoms with Gasteiger partial charge in [0.05, 0.1) is 22.5 Å². The number of carbonyl (C=O) groups is 2. The maximum atomic E-state index is 13.7. The van der Waals surface area contributed by atoms with Gasteiger partial charge in [-0.25, -0.2) is 0 Å². The molecule has 0 heterocycles. The Kier molecular flexibility index (Phi) is 11.4. The number of anilines is 2. The maximum Gasteiger partial charge on any atom is 0.255 e. The second-order valence-electron chi connectivity index (χ2n) is 14.1. The number of phenols is 4. The highest BCUT2D eigenvalue weighted by Gasteiger charge is 2.35. The van der Waals surface area contributed by atoms with Gasteiger partial charge in [-0.1, -0.05) is 73.6 Å². The molecule has 61 heavy (non-hydrogen) atoms. The molecule has 0 saturated heterocycles. The second kappa shape index (κ2) is 16.7. The lowest BCUT2D eigenvalue weighted by Gasteiger charge is -2.32. The van der Waals surface area contributed by atoms with E-state index in [2.05, 4.69) is 46.2 Å². The molecule has 8 heteroatoms. The minimum atomic E-state index is -1.23. The van der Waals surface area contributed by atoms with Crippen molar-refractivity contribution < 1.29 is 30.0 Å². The van der Waals surface area contributed by atoms with Crippen LogP contribution in [0, 0.1) is 74.1 Å². The van der Waals surface area contributed by atoms with Crippen molar-refractivity contribution in [2.75, 3.05) is 10.6 Å². The van der Waals surface area contributed by atoms with E-state index in [1.165, 1.54) is 48.5 Å². The molecule has 292 valence electrons. The second-order valence-corrected chi connectivity index (χ2v) is 14.1. The molecule has 0 spiro atoms. The van der Waals surface area contributed by atoms with E-state index in [-0.39, 0.29) is 78.5 Å². The fourth-order valence-corrected chi connectivity index (χ4v) is 7.15. The molecule has 0 fully saturated rings. The Morgan fingerprint density at radius 1 is 0.508 bits per heavy atom. The van der Waals surface area contributed by atoms with Crippen LogP contribution in [0.4, 0.5) is 11.4 Å². The number of terminal acetylenes is 6. The molecule has 6 N–H and O–H groups in total. The summed E-state index contributed by atoms with van der Waals surface area (Å²) in [4.78, 5) is 27.5. The van der Waals surface area contributed by atoms with E-state index in [1.807, 2.05) is 0 Å². The molecule has 0 aromatic heterocycles. The number of rotatable bonds is 8. The molecule has 2 amide bonds. The molecule has 0 bridgehead atoms. The largest absolute Gasteiger partial charge is 0.507 e. The number of hydrogen-bond donors (Lipinski definition) is 6. The Labute approximate surface area is 354 Å². The van der Waals surface area contributed by atoms with E-state index in [1.54, 1.807) is 62.4 Å². The molecule has 8 nitrogen and oxygen atoms in total. The highest BCUT2D eigenvalue weighted by atomic mass is 16.3. The smallest absolute Gasteiger partial charge is 0.255 e. The summed E-state index contributed by atoms with van der Waals surface area (Å²) >= 11 is 0. The highest BCUT2D eigenvalue weighted by molar-refractivity contribution is 6.10. The van der Waals surface area contributed by atoms with Gasteiger partial charge in [0.1, 0.15) is 11.5 Å². The maximum absolute atomic E-state index is 13.7. The Bertz CT molecular complexity index is 2870. The normalized spacial score (nSPS) is 10.4. The molecule has 6 aromatic carbocycles. The molecule has 0 aliphatic carbocycles. The molecular formula is C53H34N2O6. The first-order chi connectivity index (χ1) is 29.2. The third-order valence-corrected chi connectivity index (χ3v) is 10.3. The first kappa shape index (κ1) is 41.5. The predicted octanol–water partition coefficient (Wildman–Crippen LogP) is 8.56. The topological polar surface area (TPSA) is 139 Å². The molecule has 0 radical (unpaired) electrons. The van der Waals surface area contributed by atoms with E-state index < -0.39 is 28.7 Å². The van der Waals surface area contributed by atoms with E-state index in [9.17, 15) is 30.0 Å². The van der Waals surface area contributed by atoms with E-state index in [4.69, 9.17) is 38.5 Å². The van der Waals surface area contributed by atoms with Crippen LogP contribution in [0.15, 0.2) is 97.1 Å². The van der Waals surface area contributed by atoms with Crippen molar-refractivity contribution in [2.24, 2.45) is 0 Å². The summed E-state index contributed by atoms with van der Waals surface area (Å²) in [7, 11) is 0. The summed E-state index contributed by atoms with van der Waals surface area (Å²) in [5, 5.41) is 52.4. The van der Waals surface area contributed by atoms with Crippen molar-refractivity contribution in [3.8, 4) is 119 Å². The molecule has 0 saturated carbocycles. The van der Waals surface area contributed by atoms with Crippen molar-refractivity contribution in [3.63, 3.8) is 0 Å². The molecule has 0 atom stereocenters. The van der Waals surface area contributed by atoms with Crippen LogP contribution in [0.2, 0.25) is 0 Å². The van der Waals surface area contributed by atoms with E-state index in [0.29, 0.717) is 22.3 Å². The van der Waals surface area contributed by atoms with Crippen LogP contribution < -0.4 is 10.6 Å². The molecule has 0 aliphatic heterocycles. The molecular weight excluding hydrogens is 761 g/mol. The summed E-state index contributed by atoms with van der Waals surface area (Å²) in [6, 6.07) is 24.8. The van der Waals surface area contributed by atoms with Gasteiger partial charge in [-0.05, 0) is 83.9 Å². The highest BCUT2D eigenvalue weighted by Crippen LogP contribution is 2.52. The van der Waals surface area contributed by atoms with Crippen LogP contribution in [-0.2, 0) is 5.41 Å². The lowest BCUT2D eigenvalue weighted by molar-refractivity contribution is 0.101. The van der Waals surface area contributed by atoms with Gasteiger partial charge in [-0.3, -0.25) is 9.59 Å². The van der Waals surface area contributed by atoms with Crippen molar-refractivity contribution in [1.82, 2.24) is 0 Å². The average Bonchev–Trinajstić information content (AvgIpc) is 3.27. The van der Waals surface area contributed by atoms with Crippen LogP contribution in [0.25, 0.3) is 22.3 Å². The van der Waals surface area contributed by atoms with Gasteiger partial charge in [0.2, 0.25) is 0 Å². The van der Waals surface area contributed by atoms with Crippen molar-refractivity contribution in [1.29, 1.82) is 0 Å². The molecule has 0 aliphatic rings. The number of carbonyl (C=O) groups excluding carboxylic acids is 2. The summed E-state index contributed by atoms with van der Waals surface area (Å²) in [6.45, 7) is 3.60. The van der Waals surface area contributed by atoms with E-state index in [0.717, 1.165) is 0 Å². The average molecular weight is 795 g/mol. The fraction of sp³-hybridized carbons (Fsp3) is 0.0566. The van der Waals surface area contributed by atoms with Gasteiger partial charge >= 0.3 is 0 Å². The molecule has 6 rings (SSSR count). The fourth-order valence-electron chi connectivity index (χ4n) is 7.15. The van der Waals surface area contributed by atoms with Gasteiger partial charge in [0.25, 0.3) is 11.8 Å². The number of hydrogen-bond acceptors (Lipinski definition) is 6. The van der Waals surface area contributed by atoms with E-state index >= 15 is 0 Å². The summed E-state index contributed by atoms with van der Waals surface area (Å²) < 4.78 is 0. The third-order valence-electron chi connectivity index (χ3n) is 10.3. The quantitative estimate of drug-likeness (QED) is 0.0675. The zero-order valence-electron chi connectivity index (χ0n) is 32.8. The van der Waals surface area contributed by atoms with Gasteiger partial charge in [-0.2, -0.15) is 0 Å². The lowest BCUT2D eigenvalue weighted by atomic mass is 9.71. The summed E-state index contributed by atoms with van der Waals surface area (Å²) in [5.41, 5.74) is 1.30. The first-order valence-corrected chi connectivity index (χ1v) is 18.3. The van der Waals surface area contributed by atoms with Crippen LogP contribution >= 0.6 is 0 Å². The summed E-state index contributed by atoms with van der Waals surface area (Å²) in [6.07, 6.45) is 34.4. The molecule has 6 aromatic rings. The zero-order valence-corrected chi connectivity index (χ0v) is 32.8. The van der Waals surface area contributed by atoms with Crippen molar-refractivity contribution in [2.45, 2.75) is 19.3 Å². The van der Waals surface area contributed by atoms with Crippen molar-refractivity contribution in [3.05, 3.63) is 153 Å². The Hall–Kier alpha value is -9.18. The van der Waals surface area contributed by atoms with Crippen LogP contribution in [-0.4, -0.2) is 32.2 Å². The number of phenolic OH excluding ortho intramolecular Hbond substituents is 4. The zero-order chi connectivity index (χ0) is 44.2. The first-order valence-electron chi connectivity index (χ1n) is 18.3. The third kappa shape index (κ3) is 7.53. The lowest BCUT2D eigenvalue weighted by Crippen LogP contribution is -2.22. The number of nitrogens with one attached hydrogen (secondary N) is 2. The van der Waals surface area contributed by atoms with Crippen LogP contribution in [0.5, 0.6) is 23.0 Å². The Morgan fingerprint density at radius 2 is 0.869 bits per heavy atom. The number of aromatic hydroxyl groups is 4. The summed E-state index contributed by atoms with van der Waals surface area (Å²) in [5.74, 6) is 11.9. The minimum Gasteiger partial charge on any atom is -0.507 e. The minimum absolute atomic E-state index is 0.0724. The van der Waals surface area contributed by atoms with Gasteiger partial charge in [-0.15, -0.1) is 38.5 Å². The Morgan fingerprint density at radius 3 is 1.18 bits per heavy atom.